The standard InChI is InChI=1S/C9H10O2.Zn/c1-2-11-9-6-4-3-5-8(9)7-10;/h3-7H,2H2,1H3;. The third-order valence-electron chi connectivity index (χ3n) is 1.35. The number of para-hydroxylation sites is 1. The van der Waals surface area contributed by atoms with E-state index in [9.17, 15) is 4.79 Å². The molecular weight excluding hydrogens is 205 g/mol. The van der Waals surface area contributed by atoms with Gasteiger partial charge in [0.25, 0.3) is 0 Å². The molecule has 3 heteroatoms. The van der Waals surface area contributed by atoms with Crippen LogP contribution < -0.4 is 4.74 Å². The van der Waals surface area contributed by atoms with Crippen LogP contribution in [0.1, 0.15) is 17.3 Å². The topological polar surface area (TPSA) is 26.3 Å². The number of hydrogen-bond donors (Lipinski definition) is 0. The zero-order chi connectivity index (χ0) is 8.10. The quantitative estimate of drug-likeness (QED) is 0.569. The molecular formula is C9H10O2Zn. The van der Waals surface area contributed by atoms with E-state index in [0.717, 1.165) is 6.29 Å². The minimum Gasteiger partial charge on any atom is -0.493 e. The van der Waals surface area contributed by atoms with E-state index >= 15 is 0 Å². The number of rotatable bonds is 3. The fraction of sp³-hybridized carbons (Fsp3) is 0.222. The molecule has 0 heterocycles. The fourth-order valence-corrected chi connectivity index (χ4v) is 0.865. The minimum atomic E-state index is 0. The smallest absolute Gasteiger partial charge is 0.153 e. The molecule has 0 atom stereocenters. The second kappa shape index (κ2) is 5.90. The second-order valence-corrected chi connectivity index (χ2v) is 2.09. The first-order valence-corrected chi connectivity index (χ1v) is 3.55. The van der Waals surface area contributed by atoms with Gasteiger partial charge >= 0.3 is 0 Å². The molecule has 60 valence electrons. The van der Waals surface area contributed by atoms with Crippen LogP contribution in [0.5, 0.6) is 5.75 Å². The third-order valence-corrected chi connectivity index (χ3v) is 1.35. The summed E-state index contributed by atoms with van der Waals surface area (Å²) in [6.45, 7) is 2.48. The third kappa shape index (κ3) is 2.74. The van der Waals surface area contributed by atoms with E-state index in [4.69, 9.17) is 4.74 Å². The number of benzene rings is 1. The summed E-state index contributed by atoms with van der Waals surface area (Å²) in [6.07, 6.45) is 0.797. The number of aldehydes is 1. The molecule has 1 aromatic carbocycles. The summed E-state index contributed by atoms with van der Waals surface area (Å²) in [6, 6.07) is 7.18. The van der Waals surface area contributed by atoms with Crippen molar-refractivity contribution in [1.82, 2.24) is 0 Å². The second-order valence-electron chi connectivity index (χ2n) is 2.09. The molecule has 0 fully saturated rings. The molecule has 0 aliphatic heterocycles. The summed E-state index contributed by atoms with van der Waals surface area (Å²) in [5.41, 5.74) is 0.606. The Hall–Kier alpha value is -0.687. The first kappa shape index (κ1) is 11.3. The zero-order valence-electron chi connectivity index (χ0n) is 7.12. The van der Waals surface area contributed by atoms with Gasteiger partial charge in [0, 0.05) is 19.5 Å². The van der Waals surface area contributed by atoms with Gasteiger partial charge < -0.3 is 4.74 Å². The molecule has 0 saturated heterocycles. The van der Waals surface area contributed by atoms with Crippen LogP contribution in [0.15, 0.2) is 24.3 Å². The number of ether oxygens (including phenoxy) is 1. The van der Waals surface area contributed by atoms with E-state index < -0.39 is 0 Å². The molecule has 1 aromatic rings. The summed E-state index contributed by atoms with van der Waals surface area (Å²) in [5, 5.41) is 0. The minimum absolute atomic E-state index is 0. The predicted octanol–water partition coefficient (Wildman–Crippen LogP) is 1.90. The Balaban J connectivity index is 0.00000121. The molecule has 0 N–H and O–H groups in total. The first-order chi connectivity index (χ1) is 5.38. The fourth-order valence-electron chi connectivity index (χ4n) is 0.865. The molecule has 0 bridgehead atoms. The molecule has 12 heavy (non-hydrogen) atoms. The van der Waals surface area contributed by atoms with E-state index in [-0.39, 0.29) is 19.5 Å². The van der Waals surface area contributed by atoms with Gasteiger partial charge in [-0.25, -0.2) is 0 Å². The Morgan fingerprint density at radius 1 is 1.42 bits per heavy atom. The van der Waals surface area contributed by atoms with Crippen molar-refractivity contribution in [2.75, 3.05) is 6.61 Å². The van der Waals surface area contributed by atoms with Crippen LogP contribution in [0.25, 0.3) is 0 Å². The summed E-state index contributed by atoms with van der Waals surface area (Å²) in [4.78, 5) is 10.4. The summed E-state index contributed by atoms with van der Waals surface area (Å²) in [5.74, 6) is 0.657. The van der Waals surface area contributed by atoms with Gasteiger partial charge in [-0.3, -0.25) is 4.79 Å². The van der Waals surface area contributed by atoms with Crippen molar-refractivity contribution >= 4 is 6.29 Å². The first-order valence-electron chi connectivity index (χ1n) is 3.55. The molecule has 1 rings (SSSR count). The van der Waals surface area contributed by atoms with Gasteiger partial charge in [0.05, 0.1) is 12.2 Å². The maximum atomic E-state index is 10.4. The number of hydrogen-bond acceptors (Lipinski definition) is 2. The van der Waals surface area contributed by atoms with Gasteiger partial charge in [-0.15, -0.1) is 0 Å². The van der Waals surface area contributed by atoms with E-state index in [1.54, 1.807) is 12.1 Å². The molecule has 0 spiro atoms. The zero-order valence-corrected chi connectivity index (χ0v) is 10.1. The van der Waals surface area contributed by atoms with Gasteiger partial charge in [0.2, 0.25) is 0 Å². The Morgan fingerprint density at radius 2 is 2.08 bits per heavy atom. The van der Waals surface area contributed by atoms with Crippen molar-refractivity contribution in [1.29, 1.82) is 0 Å². The Kier molecular flexibility index (Phi) is 5.56. The molecule has 2 nitrogen and oxygen atoms in total. The monoisotopic (exact) mass is 214 g/mol. The van der Waals surface area contributed by atoms with E-state index in [2.05, 4.69) is 0 Å². The van der Waals surface area contributed by atoms with E-state index in [1.165, 1.54) is 0 Å². The van der Waals surface area contributed by atoms with Crippen LogP contribution in [0, 0.1) is 0 Å². The Labute approximate surface area is 84.7 Å². The Morgan fingerprint density at radius 3 is 2.67 bits per heavy atom. The number of carbonyl (C=O) groups excluding carboxylic acids is 1. The van der Waals surface area contributed by atoms with Crippen LogP contribution in [-0.4, -0.2) is 12.9 Å². The average molecular weight is 216 g/mol. The van der Waals surface area contributed by atoms with E-state index in [0.29, 0.717) is 17.9 Å². The van der Waals surface area contributed by atoms with Crippen molar-refractivity contribution in [2.45, 2.75) is 6.92 Å². The van der Waals surface area contributed by atoms with Crippen molar-refractivity contribution in [3.63, 3.8) is 0 Å². The summed E-state index contributed by atoms with van der Waals surface area (Å²) < 4.78 is 5.20. The van der Waals surface area contributed by atoms with Crippen molar-refractivity contribution in [2.24, 2.45) is 0 Å². The van der Waals surface area contributed by atoms with Crippen molar-refractivity contribution < 1.29 is 29.0 Å². The SMILES string of the molecule is CCOc1ccccc1C=O.[Zn]. The molecule has 0 aromatic heterocycles. The van der Waals surface area contributed by atoms with Crippen LogP contribution in [0.3, 0.4) is 0 Å². The molecule has 0 saturated carbocycles. The maximum absolute atomic E-state index is 10.4. The predicted molar refractivity (Wildman–Crippen MR) is 43.0 cm³/mol. The van der Waals surface area contributed by atoms with E-state index in [1.807, 2.05) is 19.1 Å². The summed E-state index contributed by atoms with van der Waals surface area (Å²) in [7, 11) is 0. The molecule has 0 aliphatic rings. The molecule has 0 amide bonds. The average Bonchev–Trinajstić information content (AvgIpc) is 2.06. The summed E-state index contributed by atoms with van der Waals surface area (Å²) >= 11 is 0. The van der Waals surface area contributed by atoms with Gasteiger partial charge in [-0.2, -0.15) is 0 Å². The van der Waals surface area contributed by atoms with Gasteiger partial charge in [0.15, 0.2) is 6.29 Å². The maximum Gasteiger partial charge on any atom is 0.153 e. The van der Waals surface area contributed by atoms with Gasteiger partial charge in [0.1, 0.15) is 5.75 Å². The van der Waals surface area contributed by atoms with Crippen LogP contribution in [-0.2, 0) is 19.5 Å². The Bertz CT molecular complexity index is 248. The normalized spacial score (nSPS) is 8.42. The number of carbonyl (C=O) groups is 1. The van der Waals surface area contributed by atoms with Gasteiger partial charge in [-0.05, 0) is 19.1 Å². The molecule has 0 radical (unpaired) electrons. The molecule has 0 unspecified atom stereocenters. The van der Waals surface area contributed by atoms with Crippen LogP contribution >= 0.6 is 0 Å². The van der Waals surface area contributed by atoms with Crippen molar-refractivity contribution in [3.05, 3.63) is 29.8 Å². The van der Waals surface area contributed by atoms with Gasteiger partial charge in [-0.1, -0.05) is 12.1 Å². The molecule has 0 aliphatic carbocycles. The van der Waals surface area contributed by atoms with Crippen LogP contribution in [0.2, 0.25) is 0 Å². The van der Waals surface area contributed by atoms with Crippen molar-refractivity contribution in [3.8, 4) is 5.75 Å². The largest absolute Gasteiger partial charge is 0.493 e. The van der Waals surface area contributed by atoms with Crippen LogP contribution in [0.4, 0.5) is 0 Å².